The molecule has 0 aliphatic heterocycles. The van der Waals surface area contributed by atoms with Gasteiger partial charge in [-0.25, -0.2) is 0 Å². The second-order valence-corrected chi connectivity index (χ2v) is 20.9. The third-order valence-electron chi connectivity index (χ3n) is 17.8. The molecule has 8 aromatic carbocycles. The van der Waals surface area contributed by atoms with Gasteiger partial charge in [-0.3, -0.25) is 0 Å². The normalized spacial score (nSPS) is 24.6. The van der Waals surface area contributed by atoms with Gasteiger partial charge in [0.05, 0.1) is 11.4 Å². The van der Waals surface area contributed by atoms with E-state index in [4.69, 9.17) is 0 Å². The highest BCUT2D eigenvalue weighted by Crippen LogP contribution is 2.86. The van der Waals surface area contributed by atoms with Gasteiger partial charge in [0.1, 0.15) is 0 Å². The van der Waals surface area contributed by atoms with Gasteiger partial charge in [-0.15, -0.1) is 0 Å². The molecule has 1 spiro atoms. The highest BCUT2D eigenvalue weighted by Gasteiger charge is 2.80. The number of benzene rings is 8. The summed E-state index contributed by atoms with van der Waals surface area (Å²) in [5, 5.41) is 2.51. The lowest BCUT2D eigenvalue weighted by atomic mass is 9.31. The second kappa shape index (κ2) is 13.3. The molecule has 5 unspecified atom stereocenters. The number of anilines is 3. The second-order valence-electron chi connectivity index (χ2n) is 20.9. The van der Waals surface area contributed by atoms with Crippen LogP contribution < -0.4 is 4.90 Å². The Morgan fingerprint density at radius 3 is 2.12 bits per heavy atom. The van der Waals surface area contributed by atoms with E-state index in [1.54, 1.807) is 5.56 Å². The molecule has 64 heavy (non-hydrogen) atoms. The lowest BCUT2D eigenvalue weighted by molar-refractivity contribution is -0.198. The lowest BCUT2D eigenvalue weighted by Gasteiger charge is -2.73. The van der Waals surface area contributed by atoms with Crippen molar-refractivity contribution in [2.24, 2.45) is 23.2 Å². The summed E-state index contributed by atoms with van der Waals surface area (Å²) in [5.41, 5.74) is 21.9. The molecule has 4 saturated carbocycles. The number of hydrogen-bond acceptors (Lipinski definition) is 1. The summed E-state index contributed by atoms with van der Waals surface area (Å²) in [6.07, 6.45) is 14.3. The molecule has 0 amide bonds. The van der Waals surface area contributed by atoms with Crippen LogP contribution in [-0.4, -0.2) is 0 Å². The average Bonchev–Trinajstić information content (AvgIpc) is 3.93. The van der Waals surface area contributed by atoms with Crippen molar-refractivity contribution in [2.75, 3.05) is 4.90 Å². The van der Waals surface area contributed by atoms with E-state index in [0.29, 0.717) is 10.8 Å². The van der Waals surface area contributed by atoms with Crippen LogP contribution in [0.2, 0.25) is 0 Å². The Bertz CT molecular complexity index is 3270. The predicted molar refractivity (Wildman–Crippen MR) is 268 cm³/mol. The van der Waals surface area contributed by atoms with Gasteiger partial charge in [0.15, 0.2) is 0 Å². The maximum Gasteiger partial charge on any atom is 0.0540 e. The Morgan fingerprint density at radius 2 is 1.25 bits per heavy atom. The molecule has 0 N–H and O–H groups in total. The molecule has 6 aliphatic carbocycles. The zero-order valence-electron chi connectivity index (χ0n) is 36.9. The van der Waals surface area contributed by atoms with Gasteiger partial charge < -0.3 is 4.90 Å². The smallest absolute Gasteiger partial charge is 0.0540 e. The van der Waals surface area contributed by atoms with Gasteiger partial charge in [-0.2, -0.15) is 0 Å². The molecule has 310 valence electrons. The molecule has 5 atom stereocenters. The third kappa shape index (κ3) is 4.96. The predicted octanol–water partition coefficient (Wildman–Crippen LogP) is 16.7. The summed E-state index contributed by atoms with van der Waals surface area (Å²) in [4.78, 5) is 2.58. The van der Waals surface area contributed by atoms with Gasteiger partial charge in [-0.05, 0) is 176 Å². The standard InChI is InChI=1S/C63H53N/c1-61(2)57-20-9-7-18-54(57)55-30-29-50(36-58(55)61)64(59-21-10-8-17-52(59)46-23-22-41-12-3-4-14-44(41)33-46)60-31-26-45(34-56(60)53-19-11-15-43-13-5-6-16-51(43)53)42-24-27-47(28-25-42)62-37-40-32-48-35-49(39-62)63(48,62)38-40/h3-4,6-12,14-31,33-34,36,40,48-49H,5,13,32,35,37-39H2,1-2H3. The fourth-order valence-electron chi connectivity index (χ4n) is 15.0. The topological polar surface area (TPSA) is 3.24 Å². The molecule has 2 bridgehead atoms. The van der Waals surface area contributed by atoms with Crippen molar-refractivity contribution in [1.29, 1.82) is 0 Å². The summed E-state index contributed by atoms with van der Waals surface area (Å²) in [6, 6.07) is 65.3. The zero-order valence-corrected chi connectivity index (χ0v) is 36.9. The summed E-state index contributed by atoms with van der Waals surface area (Å²) in [7, 11) is 0. The Labute approximate surface area is 378 Å². The first-order valence-electron chi connectivity index (χ1n) is 24.1. The average molecular weight is 824 g/mol. The first kappa shape index (κ1) is 37.0. The first-order valence-corrected chi connectivity index (χ1v) is 24.1. The van der Waals surface area contributed by atoms with Crippen LogP contribution in [0.15, 0.2) is 176 Å². The number of hydrogen-bond donors (Lipinski definition) is 0. The van der Waals surface area contributed by atoms with E-state index in [1.165, 1.54) is 127 Å². The van der Waals surface area contributed by atoms with E-state index in [0.717, 1.165) is 30.6 Å². The van der Waals surface area contributed by atoms with Gasteiger partial charge in [0, 0.05) is 27.6 Å². The maximum absolute atomic E-state index is 2.58. The molecular formula is C63H53N. The summed E-state index contributed by atoms with van der Waals surface area (Å²) in [5.74, 6) is 2.94. The van der Waals surface area contributed by atoms with E-state index in [-0.39, 0.29) is 5.41 Å². The van der Waals surface area contributed by atoms with Crippen LogP contribution in [0, 0.1) is 23.2 Å². The molecule has 1 heteroatoms. The van der Waals surface area contributed by atoms with E-state index in [1.807, 2.05) is 0 Å². The van der Waals surface area contributed by atoms with E-state index < -0.39 is 0 Å². The van der Waals surface area contributed by atoms with Crippen molar-refractivity contribution in [2.45, 2.75) is 69.6 Å². The third-order valence-corrected chi connectivity index (χ3v) is 17.8. The fraction of sp³-hybridized carbons (Fsp3) is 0.238. The zero-order chi connectivity index (χ0) is 42.4. The molecule has 0 saturated heterocycles. The van der Waals surface area contributed by atoms with Gasteiger partial charge >= 0.3 is 0 Å². The minimum absolute atomic E-state index is 0.134. The molecule has 14 rings (SSSR count). The number of nitrogens with zero attached hydrogens (tertiary/aromatic N) is 1. The minimum Gasteiger partial charge on any atom is -0.309 e. The Morgan fingerprint density at radius 1 is 0.500 bits per heavy atom. The van der Waals surface area contributed by atoms with Crippen LogP contribution in [0.3, 0.4) is 0 Å². The van der Waals surface area contributed by atoms with E-state index >= 15 is 0 Å². The molecule has 0 radical (unpaired) electrons. The molecule has 6 aliphatic rings. The van der Waals surface area contributed by atoms with Crippen molar-refractivity contribution in [3.63, 3.8) is 0 Å². The van der Waals surface area contributed by atoms with Gasteiger partial charge in [0.25, 0.3) is 0 Å². The van der Waals surface area contributed by atoms with Crippen molar-refractivity contribution < 1.29 is 0 Å². The Kier molecular flexibility index (Phi) is 7.69. The SMILES string of the molecule is CC1(C)c2ccccc2-c2ccc(N(c3ccccc3-c3ccc4ccccc4c3)c3ccc(-c4ccc(C56CC7CC8CC(C5)C86C7)cc4)cc3-c3cccc4c3C=CCC4)cc21. The number of aryl methyl sites for hydroxylation is 1. The van der Waals surface area contributed by atoms with E-state index in [2.05, 4.69) is 201 Å². The van der Waals surface area contributed by atoms with Crippen LogP contribution in [-0.2, 0) is 17.3 Å². The van der Waals surface area contributed by atoms with Crippen molar-refractivity contribution in [3.8, 4) is 44.5 Å². The largest absolute Gasteiger partial charge is 0.309 e. The van der Waals surface area contributed by atoms with Gasteiger partial charge in [0.2, 0.25) is 0 Å². The van der Waals surface area contributed by atoms with Crippen molar-refractivity contribution in [1.82, 2.24) is 0 Å². The highest BCUT2D eigenvalue weighted by atomic mass is 15.1. The number of para-hydroxylation sites is 1. The number of fused-ring (bicyclic) bond motifs is 6. The number of allylic oxidation sites excluding steroid dienone is 1. The fourth-order valence-corrected chi connectivity index (χ4v) is 15.0. The molecular weight excluding hydrogens is 771 g/mol. The Balaban J connectivity index is 0.972. The molecule has 4 fully saturated rings. The number of rotatable bonds is 7. The van der Waals surface area contributed by atoms with Gasteiger partial charge in [-0.1, -0.05) is 159 Å². The lowest BCUT2D eigenvalue weighted by Crippen LogP contribution is -2.68. The molecule has 8 aromatic rings. The van der Waals surface area contributed by atoms with Crippen LogP contribution in [0.25, 0.3) is 61.4 Å². The first-order chi connectivity index (χ1) is 31.4. The highest BCUT2D eigenvalue weighted by molar-refractivity contribution is 5.99. The Hall–Kier alpha value is -6.44. The van der Waals surface area contributed by atoms with Crippen LogP contribution in [0.4, 0.5) is 17.1 Å². The quantitative estimate of drug-likeness (QED) is 0.155. The van der Waals surface area contributed by atoms with Crippen molar-refractivity contribution >= 4 is 33.9 Å². The maximum atomic E-state index is 2.58. The molecule has 0 aromatic heterocycles. The van der Waals surface area contributed by atoms with Crippen LogP contribution >= 0.6 is 0 Å². The van der Waals surface area contributed by atoms with Crippen molar-refractivity contribution in [3.05, 3.63) is 204 Å². The minimum atomic E-state index is -0.134. The van der Waals surface area contributed by atoms with Crippen LogP contribution in [0.5, 0.6) is 0 Å². The summed E-state index contributed by atoms with van der Waals surface area (Å²) >= 11 is 0. The van der Waals surface area contributed by atoms with Crippen LogP contribution in [0.1, 0.15) is 80.2 Å². The van der Waals surface area contributed by atoms with E-state index in [9.17, 15) is 0 Å². The molecule has 0 heterocycles. The molecule has 1 nitrogen and oxygen atoms in total. The summed E-state index contributed by atoms with van der Waals surface area (Å²) < 4.78 is 0. The summed E-state index contributed by atoms with van der Waals surface area (Å²) in [6.45, 7) is 4.79. The monoisotopic (exact) mass is 823 g/mol.